The van der Waals surface area contributed by atoms with Gasteiger partial charge in [-0.3, -0.25) is 9.36 Å². The lowest BCUT2D eigenvalue weighted by Crippen LogP contribution is -2.40. The number of aryl methyl sites for hydroxylation is 1. The van der Waals surface area contributed by atoms with Crippen LogP contribution in [0.15, 0.2) is 94.8 Å². The second kappa shape index (κ2) is 8.35. The number of rotatable bonds is 5. The minimum absolute atomic E-state index is 0.0966. The third-order valence-corrected chi connectivity index (χ3v) is 5.59. The number of fused-ring (bicyclic) bond motifs is 1. The third-order valence-electron chi connectivity index (χ3n) is 5.59. The van der Waals surface area contributed by atoms with Crippen molar-refractivity contribution < 1.29 is 4.39 Å². The van der Waals surface area contributed by atoms with Crippen LogP contribution in [0.25, 0.3) is 16.9 Å². The molecule has 5 rings (SSSR count). The van der Waals surface area contributed by atoms with Crippen LogP contribution >= 0.6 is 0 Å². The normalized spacial score (nSPS) is 11.2. The summed E-state index contributed by atoms with van der Waals surface area (Å²) in [5.41, 5.74) is 2.73. The van der Waals surface area contributed by atoms with E-state index in [1.165, 1.54) is 27.3 Å². The first-order chi connectivity index (χ1) is 16.0. The Morgan fingerprint density at radius 1 is 0.848 bits per heavy atom. The largest absolute Gasteiger partial charge is 0.337 e. The Hall–Kier alpha value is -4.26. The van der Waals surface area contributed by atoms with Crippen LogP contribution in [-0.4, -0.2) is 18.7 Å². The van der Waals surface area contributed by atoms with Crippen molar-refractivity contribution in [2.75, 3.05) is 0 Å². The summed E-state index contributed by atoms with van der Waals surface area (Å²) in [6, 6.07) is 23.0. The monoisotopic (exact) mass is 440 g/mol. The van der Waals surface area contributed by atoms with Crippen molar-refractivity contribution in [1.29, 1.82) is 0 Å². The third kappa shape index (κ3) is 3.89. The van der Waals surface area contributed by atoms with E-state index in [9.17, 15) is 14.0 Å². The Morgan fingerprint density at radius 2 is 1.61 bits per heavy atom. The van der Waals surface area contributed by atoms with Gasteiger partial charge in [0.15, 0.2) is 11.2 Å². The Morgan fingerprint density at radius 3 is 2.36 bits per heavy atom. The number of hydrogen-bond acceptors (Lipinski definition) is 3. The van der Waals surface area contributed by atoms with Crippen molar-refractivity contribution in [3.05, 3.63) is 129 Å². The molecule has 164 valence electrons. The maximum absolute atomic E-state index is 14.0. The lowest BCUT2D eigenvalue weighted by molar-refractivity contribution is 0.624. The molecular formula is C26H21FN4O2. The summed E-state index contributed by atoms with van der Waals surface area (Å²) in [6.07, 6.45) is 1.55. The first-order valence-corrected chi connectivity index (χ1v) is 10.6. The number of aromatic nitrogens is 4. The minimum atomic E-state index is -0.567. The van der Waals surface area contributed by atoms with E-state index < -0.39 is 17.1 Å². The zero-order valence-electron chi connectivity index (χ0n) is 18.0. The second-order valence-corrected chi connectivity index (χ2v) is 8.01. The minimum Gasteiger partial charge on any atom is -0.320 e. The van der Waals surface area contributed by atoms with Gasteiger partial charge < -0.3 is 4.57 Å². The molecule has 2 aromatic heterocycles. The smallest absolute Gasteiger partial charge is 0.320 e. The topological polar surface area (TPSA) is 61.8 Å². The Labute approximate surface area is 188 Å². The number of imidazole rings is 1. The molecule has 0 fully saturated rings. The van der Waals surface area contributed by atoms with Crippen LogP contribution in [0.4, 0.5) is 4.39 Å². The number of nitrogens with zero attached hydrogens (tertiary/aromatic N) is 4. The highest BCUT2D eigenvalue weighted by Gasteiger charge is 2.20. The fourth-order valence-corrected chi connectivity index (χ4v) is 4.06. The molecular weight excluding hydrogens is 419 g/mol. The van der Waals surface area contributed by atoms with E-state index in [-0.39, 0.29) is 17.7 Å². The van der Waals surface area contributed by atoms with Crippen LogP contribution in [0, 0.1) is 12.7 Å². The lowest BCUT2D eigenvalue weighted by Gasteiger charge is -2.13. The molecule has 0 bridgehead atoms. The molecule has 0 unspecified atom stereocenters. The zero-order chi connectivity index (χ0) is 22.9. The highest BCUT2D eigenvalue weighted by molar-refractivity contribution is 5.72. The van der Waals surface area contributed by atoms with Crippen molar-refractivity contribution in [3.63, 3.8) is 0 Å². The maximum Gasteiger partial charge on any atom is 0.337 e. The molecule has 0 spiro atoms. The highest BCUT2D eigenvalue weighted by atomic mass is 19.1. The van der Waals surface area contributed by atoms with E-state index in [4.69, 9.17) is 0 Å². The van der Waals surface area contributed by atoms with Crippen LogP contribution in [-0.2, 0) is 13.1 Å². The Bertz CT molecular complexity index is 1580. The Balaban J connectivity index is 1.77. The average Bonchev–Trinajstić information content (AvgIpc) is 3.21. The SMILES string of the molecule is Cc1cccc(Cn2cnc3c2c(=O)n(Cc2ccccc2)c(=O)n3-c2cccc(F)c2)c1. The first-order valence-electron chi connectivity index (χ1n) is 10.6. The van der Waals surface area contributed by atoms with E-state index in [2.05, 4.69) is 4.98 Å². The average molecular weight is 440 g/mol. The first kappa shape index (κ1) is 20.6. The standard InChI is InChI=1S/C26H21FN4O2/c1-18-7-5-10-20(13-18)15-29-17-28-24-23(29)25(32)30(16-19-8-3-2-4-9-19)26(33)31(24)22-12-6-11-21(27)14-22/h2-14,17H,15-16H2,1H3. The fraction of sp³-hybridized carbons (Fsp3) is 0.115. The van der Waals surface area contributed by atoms with Crippen molar-refractivity contribution in [3.8, 4) is 5.69 Å². The van der Waals surface area contributed by atoms with Crippen LogP contribution in [0.3, 0.4) is 0 Å². The summed E-state index contributed by atoms with van der Waals surface area (Å²) in [4.78, 5) is 31.4. The summed E-state index contributed by atoms with van der Waals surface area (Å²) in [7, 11) is 0. The molecule has 0 saturated carbocycles. The van der Waals surface area contributed by atoms with Crippen molar-refractivity contribution in [1.82, 2.24) is 18.7 Å². The molecule has 7 heteroatoms. The molecule has 0 radical (unpaired) electrons. The summed E-state index contributed by atoms with van der Waals surface area (Å²) >= 11 is 0. The van der Waals surface area contributed by atoms with Gasteiger partial charge in [0.1, 0.15) is 5.82 Å². The van der Waals surface area contributed by atoms with E-state index in [0.717, 1.165) is 16.7 Å². The molecule has 0 aliphatic carbocycles. The van der Waals surface area contributed by atoms with Crippen molar-refractivity contribution >= 4 is 11.2 Å². The van der Waals surface area contributed by atoms with Crippen LogP contribution in [0.1, 0.15) is 16.7 Å². The molecule has 0 aliphatic heterocycles. The van der Waals surface area contributed by atoms with E-state index >= 15 is 0 Å². The van der Waals surface area contributed by atoms with Gasteiger partial charge in [-0.15, -0.1) is 0 Å². The molecule has 0 amide bonds. The molecule has 3 aromatic carbocycles. The second-order valence-electron chi connectivity index (χ2n) is 8.01. The fourth-order valence-electron chi connectivity index (χ4n) is 4.06. The Kier molecular flexibility index (Phi) is 5.22. The summed E-state index contributed by atoms with van der Waals surface area (Å²) in [6.45, 7) is 2.52. The van der Waals surface area contributed by atoms with Gasteiger partial charge in [0.25, 0.3) is 5.56 Å². The summed E-state index contributed by atoms with van der Waals surface area (Å²) < 4.78 is 18.3. The van der Waals surface area contributed by atoms with Gasteiger partial charge in [-0.25, -0.2) is 18.7 Å². The van der Waals surface area contributed by atoms with Gasteiger partial charge in [0, 0.05) is 6.54 Å². The maximum atomic E-state index is 14.0. The number of halogens is 1. The van der Waals surface area contributed by atoms with Crippen LogP contribution < -0.4 is 11.2 Å². The van der Waals surface area contributed by atoms with E-state index in [1.807, 2.05) is 61.5 Å². The van der Waals surface area contributed by atoms with Gasteiger partial charge in [0.05, 0.1) is 18.6 Å². The molecule has 0 aliphatic rings. The molecule has 33 heavy (non-hydrogen) atoms. The van der Waals surface area contributed by atoms with Gasteiger partial charge in [0.2, 0.25) is 0 Å². The summed E-state index contributed by atoms with van der Waals surface area (Å²) in [5.74, 6) is -0.479. The van der Waals surface area contributed by atoms with E-state index in [0.29, 0.717) is 12.2 Å². The molecule has 5 aromatic rings. The molecule has 6 nitrogen and oxygen atoms in total. The molecule has 2 heterocycles. The van der Waals surface area contributed by atoms with Crippen molar-refractivity contribution in [2.24, 2.45) is 0 Å². The molecule has 0 N–H and O–H groups in total. The van der Waals surface area contributed by atoms with Gasteiger partial charge in [-0.05, 0) is 36.2 Å². The van der Waals surface area contributed by atoms with Crippen molar-refractivity contribution in [2.45, 2.75) is 20.0 Å². The molecule has 0 atom stereocenters. The van der Waals surface area contributed by atoms with Crippen LogP contribution in [0.2, 0.25) is 0 Å². The highest BCUT2D eigenvalue weighted by Crippen LogP contribution is 2.16. The molecule has 0 saturated heterocycles. The van der Waals surface area contributed by atoms with Gasteiger partial charge >= 0.3 is 5.69 Å². The number of hydrogen-bond donors (Lipinski definition) is 0. The lowest BCUT2D eigenvalue weighted by atomic mass is 10.1. The quantitative estimate of drug-likeness (QED) is 0.417. The van der Waals surface area contributed by atoms with Crippen LogP contribution in [0.5, 0.6) is 0 Å². The zero-order valence-corrected chi connectivity index (χ0v) is 18.0. The summed E-state index contributed by atoms with van der Waals surface area (Å²) in [5, 5.41) is 0. The number of benzene rings is 3. The predicted octanol–water partition coefficient (Wildman–Crippen LogP) is 3.89. The van der Waals surface area contributed by atoms with Gasteiger partial charge in [-0.2, -0.15) is 0 Å². The van der Waals surface area contributed by atoms with E-state index in [1.54, 1.807) is 17.0 Å². The predicted molar refractivity (Wildman–Crippen MR) is 125 cm³/mol. The van der Waals surface area contributed by atoms with Gasteiger partial charge in [-0.1, -0.05) is 66.2 Å².